The molecule has 0 radical (unpaired) electrons. The summed E-state index contributed by atoms with van der Waals surface area (Å²) in [6.45, 7) is 4.25. The minimum Gasteiger partial charge on any atom is -0.497 e. The van der Waals surface area contributed by atoms with Gasteiger partial charge in [-0.05, 0) is 35.9 Å². The van der Waals surface area contributed by atoms with Gasteiger partial charge in [-0.15, -0.1) is 0 Å². The highest BCUT2D eigenvalue weighted by Gasteiger charge is 2.38. The number of para-hydroxylation sites is 2. The summed E-state index contributed by atoms with van der Waals surface area (Å²) < 4.78 is 12.5. The van der Waals surface area contributed by atoms with Crippen molar-refractivity contribution >= 4 is 34.1 Å². The fraction of sp³-hybridized carbons (Fsp3) is 0.233. The number of benzene rings is 3. The topological polar surface area (TPSA) is 73.7 Å². The first-order valence-corrected chi connectivity index (χ1v) is 13.2. The zero-order chi connectivity index (χ0) is 27.0. The van der Waals surface area contributed by atoms with Crippen LogP contribution in [0.4, 0.5) is 5.69 Å². The van der Waals surface area contributed by atoms with Gasteiger partial charge in [-0.1, -0.05) is 55.9 Å². The Morgan fingerprint density at radius 2 is 1.74 bits per heavy atom. The standard InChI is InChI=1S/C30H29N3O4S/c1-30(2)22-11-7-9-13-24(22)32(3)27(30)16-19(34)18-38-29-31-23-12-8-6-10-21(23)28(35)33(29)25-17-20(36-4)14-15-26(25)37-5/h6-17H,18H2,1-5H3/b27-16+. The molecule has 0 spiro atoms. The number of methoxy groups -OCH3 is 2. The van der Waals surface area contributed by atoms with E-state index in [9.17, 15) is 9.59 Å². The molecule has 0 saturated heterocycles. The van der Waals surface area contributed by atoms with Crippen LogP contribution in [-0.2, 0) is 10.2 Å². The van der Waals surface area contributed by atoms with Crippen LogP contribution in [0, 0.1) is 0 Å². The van der Waals surface area contributed by atoms with E-state index in [-0.39, 0.29) is 22.5 Å². The second-order valence-electron chi connectivity index (χ2n) is 9.58. The van der Waals surface area contributed by atoms with E-state index in [1.54, 1.807) is 56.7 Å². The van der Waals surface area contributed by atoms with Crippen molar-refractivity contribution in [3.8, 4) is 17.2 Å². The number of allylic oxidation sites excluding steroid dienone is 2. The van der Waals surface area contributed by atoms with Crippen molar-refractivity contribution in [1.82, 2.24) is 9.55 Å². The minimum absolute atomic E-state index is 0.0655. The number of hydrogen-bond acceptors (Lipinski definition) is 7. The second-order valence-corrected chi connectivity index (χ2v) is 10.5. The number of ketones is 1. The van der Waals surface area contributed by atoms with Crippen LogP contribution in [0.15, 0.2) is 88.5 Å². The number of rotatable bonds is 7. The molecule has 0 fully saturated rings. The Hall–Kier alpha value is -4.04. The van der Waals surface area contributed by atoms with Crippen molar-refractivity contribution in [1.29, 1.82) is 0 Å². The highest BCUT2D eigenvalue weighted by atomic mass is 32.2. The average molecular weight is 528 g/mol. The van der Waals surface area contributed by atoms with Crippen molar-refractivity contribution in [3.05, 3.63) is 94.4 Å². The van der Waals surface area contributed by atoms with Gasteiger partial charge in [0.2, 0.25) is 0 Å². The molecule has 5 rings (SSSR count). The molecule has 4 aromatic rings. The zero-order valence-corrected chi connectivity index (χ0v) is 22.8. The van der Waals surface area contributed by atoms with Gasteiger partial charge in [0.15, 0.2) is 10.9 Å². The molecule has 0 bridgehead atoms. The molecule has 0 N–H and O–H groups in total. The Labute approximate surface area is 225 Å². The second kappa shape index (κ2) is 10.0. The number of nitrogens with zero attached hydrogens (tertiary/aromatic N) is 3. The van der Waals surface area contributed by atoms with Crippen molar-refractivity contribution in [2.24, 2.45) is 0 Å². The largest absolute Gasteiger partial charge is 0.497 e. The third kappa shape index (κ3) is 4.35. The maximum atomic E-state index is 13.7. The maximum Gasteiger partial charge on any atom is 0.266 e. The average Bonchev–Trinajstić information content (AvgIpc) is 3.12. The Morgan fingerprint density at radius 3 is 2.47 bits per heavy atom. The first-order valence-electron chi connectivity index (χ1n) is 12.2. The molecule has 7 nitrogen and oxygen atoms in total. The monoisotopic (exact) mass is 527 g/mol. The van der Waals surface area contributed by atoms with Gasteiger partial charge < -0.3 is 14.4 Å². The molecule has 0 aliphatic carbocycles. The molecule has 0 amide bonds. The number of ether oxygens (including phenoxy) is 2. The van der Waals surface area contributed by atoms with E-state index in [2.05, 4.69) is 30.9 Å². The van der Waals surface area contributed by atoms with Gasteiger partial charge in [0, 0.05) is 36.0 Å². The van der Waals surface area contributed by atoms with Crippen LogP contribution in [0.25, 0.3) is 16.6 Å². The van der Waals surface area contributed by atoms with Crippen molar-refractivity contribution in [2.75, 3.05) is 31.9 Å². The van der Waals surface area contributed by atoms with Crippen molar-refractivity contribution < 1.29 is 14.3 Å². The molecule has 0 saturated carbocycles. The lowest BCUT2D eigenvalue weighted by atomic mass is 9.83. The predicted octanol–water partition coefficient (Wildman–Crippen LogP) is 5.38. The van der Waals surface area contributed by atoms with Gasteiger partial charge in [0.25, 0.3) is 5.56 Å². The van der Waals surface area contributed by atoms with Crippen LogP contribution in [0.2, 0.25) is 0 Å². The first kappa shape index (κ1) is 25.6. The molecular weight excluding hydrogens is 498 g/mol. The van der Waals surface area contributed by atoms with Gasteiger partial charge >= 0.3 is 0 Å². The predicted molar refractivity (Wildman–Crippen MR) is 152 cm³/mol. The molecule has 2 heterocycles. The molecular formula is C30H29N3O4S. The molecule has 1 aromatic heterocycles. The summed E-state index contributed by atoms with van der Waals surface area (Å²) >= 11 is 1.22. The Balaban J connectivity index is 1.54. The van der Waals surface area contributed by atoms with Crippen molar-refractivity contribution in [3.63, 3.8) is 0 Å². The van der Waals surface area contributed by atoms with Gasteiger partial charge in [0.05, 0.1) is 36.6 Å². The fourth-order valence-corrected chi connectivity index (χ4v) is 5.81. The minimum atomic E-state index is -0.303. The van der Waals surface area contributed by atoms with Gasteiger partial charge in [-0.2, -0.15) is 0 Å². The fourth-order valence-electron chi connectivity index (χ4n) is 4.98. The van der Waals surface area contributed by atoms with E-state index in [0.717, 1.165) is 11.4 Å². The SMILES string of the molecule is COc1ccc(OC)c(-n2c(SCC(=O)/C=C3/N(C)c4ccccc4C3(C)C)nc3ccccc3c2=O)c1. The molecule has 1 aliphatic heterocycles. The number of anilines is 1. The molecule has 3 aromatic carbocycles. The van der Waals surface area contributed by atoms with Crippen LogP contribution >= 0.6 is 11.8 Å². The van der Waals surface area contributed by atoms with Crippen LogP contribution in [0.1, 0.15) is 19.4 Å². The summed E-state index contributed by atoms with van der Waals surface area (Å²) in [6.07, 6.45) is 1.71. The van der Waals surface area contributed by atoms with E-state index < -0.39 is 0 Å². The first-order chi connectivity index (χ1) is 18.3. The van der Waals surface area contributed by atoms with E-state index in [1.165, 1.54) is 21.9 Å². The smallest absolute Gasteiger partial charge is 0.266 e. The van der Waals surface area contributed by atoms with E-state index in [4.69, 9.17) is 14.5 Å². The summed E-state index contributed by atoms with van der Waals surface area (Å²) in [5.74, 6) is 1.11. The van der Waals surface area contributed by atoms with E-state index >= 15 is 0 Å². The number of likely N-dealkylation sites (N-methyl/N-ethyl adjacent to an activating group) is 1. The third-order valence-corrected chi connectivity index (χ3v) is 7.91. The van der Waals surface area contributed by atoms with E-state index in [1.807, 2.05) is 25.2 Å². The molecule has 38 heavy (non-hydrogen) atoms. The Morgan fingerprint density at radius 1 is 1.00 bits per heavy atom. The number of carbonyl (C=O) groups is 1. The number of fused-ring (bicyclic) bond motifs is 2. The van der Waals surface area contributed by atoms with Crippen LogP contribution in [0.5, 0.6) is 11.5 Å². The quantitative estimate of drug-likeness (QED) is 0.182. The molecule has 1 aliphatic rings. The molecule has 0 atom stereocenters. The summed E-state index contributed by atoms with van der Waals surface area (Å²) in [6, 6.07) is 20.6. The number of thioether (sulfide) groups is 1. The zero-order valence-electron chi connectivity index (χ0n) is 22.0. The lowest BCUT2D eigenvalue weighted by molar-refractivity contribution is -0.112. The normalized spacial score (nSPS) is 15.1. The van der Waals surface area contributed by atoms with Crippen molar-refractivity contribution in [2.45, 2.75) is 24.4 Å². The van der Waals surface area contributed by atoms with E-state index in [0.29, 0.717) is 33.2 Å². The van der Waals surface area contributed by atoms with Crippen LogP contribution in [-0.4, -0.2) is 42.4 Å². The third-order valence-electron chi connectivity index (χ3n) is 6.95. The molecule has 0 unspecified atom stereocenters. The Kier molecular flexibility index (Phi) is 6.75. The summed E-state index contributed by atoms with van der Waals surface area (Å²) in [7, 11) is 5.09. The van der Waals surface area contributed by atoms with Gasteiger partial charge in [0.1, 0.15) is 11.5 Å². The summed E-state index contributed by atoms with van der Waals surface area (Å²) in [5.41, 5.74) is 3.73. The summed E-state index contributed by atoms with van der Waals surface area (Å²) in [5, 5.41) is 0.872. The molecule has 8 heteroatoms. The summed E-state index contributed by atoms with van der Waals surface area (Å²) in [4.78, 5) is 33.8. The number of hydrogen-bond donors (Lipinski definition) is 0. The Bertz CT molecular complexity index is 1640. The number of aromatic nitrogens is 2. The number of carbonyl (C=O) groups excluding carboxylic acids is 1. The van der Waals surface area contributed by atoms with Gasteiger partial charge in [-0.3, -0.25) is 14.2 Å². The highest BCUT2D eigenvalue weighted by molar-refractivity contribution is 7.99. The molecule has 194 valence electrons. The van der Waals surface area contributed by atoms with Crippen LogP contribution < -0.4 is 19.9 Å². The lowest BCUT2D eigenvalue weighted by Crippen LogP contribution is -2.24. The van der Waals surface area contributed by atoms with Crippen LogP contribution in [0.3, 0.4) is 0 Å². The maximum absolute atomic E-state index is 13.7. The highest BCUT2D eigenvalue weighted by Crippen LogP contribution is 2.46. The van der Waals surface area contributed by atoms with Gasteiger partial charge in [-0.25, -0.2) is 4.98 Å². The lowest BCUT2D eigenvalue weighted by Gasteiger charge is -2.24.